The van der Waals surface area contributed by atoms with E-state index in [0.29, 0.717) is 12.0 Å². The van der Waals surface area contributed by atoms with Crippen molar-refractivity contribution in [3.8, 4) is 0 Å². The molecule has 0 aliphatic heterocycles. The molecular formula is C21H22N4OS. The Hall–Kier alpha value is -2.34. The number of rotatable bonds is 6. The number of amides is 1. The molecule has 27 heavy (non-hydrogen) atoms. The Labute approximate surface area is 162 Å². The van der Waals surface area contributed by atoms with Crippen LogP contribution in [0.25, 0.3) is 10.8 Å². The molecule has 1 atom stereocenters. The topological polar surface area (TPSA) is 59.8 Å². The summed E-state index contributed by atoms with van der Waals surface area (Å²) in [6.45, 7) is 1.93. The molecular weight excluding hydrogens is 356 g/mol. The fourth-order valence-corrected chi connectivity index (χ4v) is 4.31. The zero-order chi connectivity index (χ0) is 18.4. The van der Waals surface area contributed by atoms with Gasteiger partial charge in [0.1, 0.15) is 5.82 Å². The Morgan fingerprint density at radius 3 is 2.63 bits per heavy atom. The van der Waals surface area contributed by atoms with E-state index in [4.69, 9.17) is 0 Å². The molecule has 5 rings (SSSR count). The largest absolute Gasteiger partial charge is 0.325 e. The number of hydrogen-bond acceptors (Lipinski definition) is 4. The normalized spacial score (nSPS) is 17.8. The van der Waals surface area contributed by atoms with Crippen molar-refractivity contribution in [2.75, 3.05) is 5.32 Å². The van der Waals surface area contributed by atoms with Gasteiger partial charge in [0.25, 0.3) is 0 Å². The minimum Gasteiger partial charge on any atom is -0.325 e. The number of fused-ring (bicyclic) bond motifs is 1. The Bertz CT molecular complexity index is 1010. The first kappa shape index (κ1) is 16.8. The molecule has 0 spiro atoms. The maximum atomic E-state index is 12.7. The molecule has 2 aliphatic rings. The van der Waals surface area contributed by atoms with Crippen molar-refractivity contribution in [1.29, 1.82) is 0 Å². The van der Waals surface area contributed by atoms with Crippen LogP contribution < -0.4 is 5.32 Å². The molecule has 1 aromatic heterocycles. The van der Waals surface area contributed by atoms with Gasteiger partial charge >= 0.3 is 0 Å². The Balaban J connectivity index is 1.30. The first-order valence-electron chi connectivity index (χ1n) is 9.60. The lowest BCUT2D eigenvalue weighted by Crippen LogP contribution is -2.23. The van der Waals surface area contributed by atoms with Gasteiger partial charge in [-0.15, -0.1) is 10.2 Å². The second-order valence-electron chi connectivity index (χ2n) is 7.53. The molecule has 5 nitrogen and oxygen atoms in total. The molecule has 3 aromatic rings. The number of benzene rings is 2. The summed E-state index contributed by atoms with van der Waals surface area (Å²) in [7, 11) is 0. The highest BCUT2D eigenvalue weighted by molar-refractivity contribution is 8.00. The molecule has 0 bridgehead atoms. The zero-order valence-corrected chi connectivity index (χ0v) is 16.1. The van der Waals surface area contributed by atoms with Gasteiger partial charge in [-0.1, -0.05) is 42.1 Å². The smallest absolute Gasteiger partial charge is 0.237 e. The predicted octanol–water partition coefficient (Wildman–Crippen LogP) is 4.76. The summed E-state index contributed by atoms with van der Waals surface area (Å²) >= 11 is 1.51. The number of hydrogen-bond donors (Lipinski definition) is 1. The Kier molecular flexibility index (Phi) is 4.16. The predicted molar refractivity (Wildman–Crippen MR) is 108 cm³/mol. The summed E-state index contributed by atoms with van der Waals surface area (Å²) in [5, 5.41) is 14.8. The standard InChI is InChI=1S/C21H22N4OS/c1-13(20(26)22-17-9-8-14-4-2-3-5-16(14)12-17)27-21-24-23-19(15-6-7-15)25(21)18-10-11-18/h2-5,8-9,12-13,15,18H,6-7,10-11H2,1H3,(H,22,26). The summed E-state index contributed by atoms with van der Waals surface area (Å²) < 4.78 is 2.29. The van der Waals surface area contributed by atoms with E-state index in [0.717, 1.165) is 22.1 Å². The van der Waals surface area contributed by atoms with E-state index < -0.39 is 0 Å². The molecule has 2 saturated carbocycles. The maximum Gasteiger partial charge on any atom is 0.237 e. The van der Waals surface area contributed by atoms with Gasteiger partial charge in [0.2, 0.25) is 5.91 Å². The highest BCUT2D eigenvalue weighted by atomic mass is 32.2. The summed E-state index contributed by atoms with van der Waals surface area (Å²) in [5.41, 5.74) is 0.827. The number of anilines is 1. The second kappa shape index (κ2) is 6.68. The Morgan fingerprint density at radius 1 is 1.11 bits per heavy atom. The first-order valence-corrected chi connectivity index (χ1v) is 10.5. The Morgan fingerprint density at radius 2 is 1.89 bits per heavy atom. The van der Waals surface area contributed by atoms with Crippen LogP contribution in [-0.2, 0) is 4.79 Å². The van der Waals surface area contributed by atoms with Gasteiger partial charge in [0.15, 0.2) is 5.16 Å². The quantitative estimate of drug-likeness (QED) is 0.628. The third kappa shape index (κ3) is 3.46. The van der Waals surface area contributed by atoms with Gasteiger partial charge in [-0.25, -0.2) is 0 Å². The summed E-state index contributed by atoms with van der Waals surface area (Å²) in [4.78, 5) is 12.7. The molecule has 2 aromatic carbocycles. The molecule has 2 aliphatic carbocycles. The minimum absolute atomic E-state index is 0.00593. The third-order valence-corrected chi connectivity index (χ3v) is 6.27. The van der Waals surface area contributed by atoms with E-state index in [1.54, 1.807) is 0 Å². The van der Waals surface area contributed by atoms with Crippen molar-refractivity contribution >= 4 is 34.1 Å². The fraction of sp³-hybridized carbons (Fsp3) is 0.381. The first-order chi connectivity index (χ1) is 13.2. The van der Waals surface area contributed by atoms with E-state index in [9.17, 15) is 4.79 Å². The molecule has 1 amide bonds. The third-order valence-electron chi connectivity index (χ3n) is 5.21. The van der Waals surface area contributed by atoms with Crippen LogP contribution in [0.5, 0.6) is 0 Å². The van der Waals surface area contributed by atoms with Crippen LogP contribution in [0.4, 0.5) is 5.69 Å². The van der Waals surface area contributed by atoms with E-state index in [-0.39, 0.29) is 11.2 Å². The van der Waals surface area contributed by atoms with E-state index in [1.807, 2.05) is 37.3 Å². The zero-order valence-electron chi connectivity index (χ0n) is 15.3. The summed E-state index contributed by atoms with van der Waals surface area (Å²) in [5.74, 6) is 1.70. The summed E-state index contributed by atoms with van der Waals surface area (Å²) in [6.07, 6.45) is 4.83. The number of carbonyl (C=O) groups is 1. The minimum atomic E-state index is -0.231. The van der Waals surface area contributed by atoms with E-state index >= 15 is 0 Å². The van der Waals surface area contributed by atoms with Crippen molar-refractivity contribution in [2.24, 2.45) is 0 Å². The number of thioether (sulfide) groups is 1. The lowest BCUT2D eigenvalue weighted by molar-refractivity contribution is -0.115. The number of nitrogens with one attached hydrogen (secondary N) is 1. The molecule has 6 heteroatoms. The van der Waals surface area contributed by atoms with Crippen LogP contribution in [-0.4, -0.2) is 25.9 Å². The van der Waals surface area contributed by atoms with Crippen molar-refractivity contribution in [2.45, 2.75) is 55.0 Å². The van der Waals surface area contributed by atoms with Crippen LogP contribution >= 0.6 is 11.8 Å². The number of nitrogens with zero attached hydrogens (tertiary/aromatic N) is 3. The van der Waals surface area contributed by atoms with Crippen LogP contribution in [0.2, 0.25) is 0 Å². The van der Waals surface area contributed by atoms with E-state index in [1.165, 1.54) is 42.8 Å². The molecule has 0 saturated heterocycles. The van der Waals surface area contributed by atoms with Gasteiger partial charge in [-0.3, -0.25) is 4.79 Å². The van der Waals surface area contributed by atoms with E-state index in [2.05, 4.69) is 32.2 Å². The molecule has 1 N–H and O–H groups in total. The van der Waals surface area contributed by atoms with Crippen molar-refractivity contribution in [3.05, 3.63) is 48.3 Å². The van der Waals surface area contributed by atoms with Gasteiger partial charge in [-0.05, 0) is 55.5 Å². The lowest BCUT2D eigenvalue weighted by atomic mass is 10.1. The molecule has 1 heterocycles. The fourth-order valence-electron chi connectivity index (χ4n) is 3.39. The van der Waals surface area contributed by atoms with Crippen LogP contribution in [0, 0.1) is 0 Å². The van der Waals surface area contributed by atoms with Crippen LogP contribution in [0.15, 0.2) is 47.6 Å². The number of aromatic nitrogens is 3. The second-order valence-corrected chi connectivity index (χ2v) is 8.84. The lowest BCUT2D eigenvalue weighted by Gasteiger charge is -2.13. The van der Waals surface area contributed by atoms with Crippen LogP contribution in [0.1, 0.15) is 50.4 Å². The van der Waals surface area contributed by atoms with Gasteiger partial charge < -0.3 is 9.88 Å². The van der Waals surface area contributed by atoms with Gasteiger partial charge in [0, 0.05) is 17.6 Å². The van der Waals surface area contributed by atoms with Crippen molar-refractivity contribution in [3.63, 3.8) is 0 Å². The average Bonchev–Trinajstić information content (AvgIpc) is 3.60. The molecule has 1 unspecified atom stereocenters. The highest BCUT2D eigenvalue weighted by Gasteiger charge is 2.37. The van der Waals surface area contributed by atoms with Crippen LogP contribution in [0.3, 0.4) is 0 Å². The summed E-state index contributed by atoms with van der Waals surface area (Å²) in [6, 6.07) is 14.7. The van der Waals surface area contributed by atoms with Crippen molar-refractivity contribution in [1.82, 2.24) is 14.8 Å². The average molecular weight is 379 g/mol. The molecule has 2 fully saturated rings. The number of carbonyl (C=O) groups excluding carboxylic acids is 1. The van der Waals surface area contributed by atoms with Crippen molar-refractivity contribution < 1.29 is 4.79 Å². The SMILES string of the molecule is CC(Sc1nnc(C2CC2)n1C1CC1)C(=O)Nc1ccc2ccccc2c1. The monoisotopic (exact) mass is 378 g/mol. The molecule has 0 radical (unpaired) electrons. The van der Waals surface area contributed by atoms with Gasteiger partial charge in [-0.2, -0.15) is 0 Å². The van der Waals surface area contributed by atoms with Gasteiger partial charge in [0.05, 0.1) is 5.25 Å². The molecule has 138 valence electrons. The maximum absolute atomic E-state index is 12.7. The highest BCUT2D eigenvalue weighted by Crippen LogP contribution is 2.46.